The van der Waals surface area contributed by atoms with Gasteiger partial charge in [-0.2, -0.15) is 0 Å². The zero-order chi connectivity index (χ0) is 29.8. The minimum absolute atomic E-state index is 0.0158. The van der Waals surface area contributed by atoms with Crippen molar-refractivity contribution in [3.8, 4) is 5.75 Å². The van der Waals surface area contributed by atoms with Crippen LogP contribution in [0.4, 0.5) is 4.79 Å². The second-order valence-electron chi connectivity index (χ2n) is 9.27. The number of hydrogen-bond donors (Lipinski definition) is 6. The van der Waals surface area contributed by atoms with E-state index in [1.165, 1.54) is 41.3 Å². The summed E-state index contributed by atoms with van der Waals surface area (Å²) in [5.41, 5.74) is 5.75. The molecule has 4 rings (SSSR count). The lowest BCUT2D eigenvalue weighted by atomic mass is 9.72. The minimum Gasteiger partial charge on any atom is -0.534 e. The maximum Gasteiger partial charge on any atom is 0.547 e. The largest absolute Gasteiger partial charge is 0.547 e. The van der Waals surface area contributed by atoms with Gasteiger partial charge < -0.3 is 41.2 Å². The van der Waals surface area contributed by atoms with Crippen molar-refractivity contribution < 1.29 is 48.7 Å². The molecule has 214 valence electrons. The summed E-state index contributed by atoms with van der Waals surface area (Å²) < 4.78 is 5.40. The van der Waals surface area contributed by atoms with Gasteiger partial charge in [0.2, 0.25) is 5.91 Å². The minimum atomic E-state index is -1.65. The van der Waals surface area contributed by atoms with Crippen LogP contribution in [0.15, 0.2) is 42.5 Å². The van der Waals surface area contributed by atoms with Gasteiger partial charge in [-0.25, -0.2) is 14.4 Å². The van der Waals surface area contributed by atoms with Gasteiger partial charge in [0.1, 0.15) is 11.8 Å². The molecule has 41 heavy (non-hydrogen) atoms. The fraction of sp³-hybridized carbons (Fsp3) is 0.280. The summed E-state index contributed by atoms with van der Waals surface area (Å²) in [5, 5.41) is 34.1. The molecule has 2 heterocycles. The summed E-state index contributed by atoms with van der Waals surface area (Å²) in [5.74, 6) is -6.48. The Morgan fingerprint density at radius 2 is 1.73 bits per heavy atom. The number of nitrogens with two attached hydrogens (primary N) is 1. The number of imide groups is 1. The summed E-state index contributed by atoms with van der Waals surface area (Å²) in [6.45, 7) is 0.145. The van der Waals surface area contributed by atoms with Gasteiger partial charge in [0, 0.05) is 26.2 Å². The van der Waals surface area contributed by atoms with Crippen molar-refractivity contribution in [3.63, 3.8) is 0 Å². The van der Waals surface area contributed by atoms with Crippen LogP contribution in [-0.2, 0) is 20.8 Å². The van der Waals surface area contributed by atoms with E-state index in [0.717, 1.165) is 0 Å². The summed E-state index contributed by atoms with van der Waals surface area (Å²) in [7, 11) is -1.65. The summed E-state index contributed by atoms with van der Waals surface area (Å²) in [6.07, 6.45) is -0.0158. The Morgan fingerprint density at radius 3 is 2.37 bits per heavy atom. The smallest absolute Gasteiger partial charge is 0.534 e. The van der Waals surface area contributed by atoms with E-state index in [9.17, 15) is 44.0 Å². The highest BCUT2D eigenvalue weighted by atomic mass is 16.5. The van der Waals surface area contributed by atoms with E-state index in [0.29, 0.717) is 10.5 Å². The number of rotatable bonds is 8. The molecule has 1 saturated heterocycles. The van der Waals surface area contributed by atoms with Crippen LogP contribution in [0.3, 0.4) is 0 Å². The monoisotopic (exact) mass is 567 g/mol. The van der Waals surface area contributed by atoms with Crippen molar-refractivity contribution in [3.05, 3.63) is 64.7 Å². The predicted molar refractivity (Wildman–Crippen MR) is 140 cm³/mol. The van der Waals surface area contributed by atoms with Crippen molar-refractivity contribution in [1.82, 2.24) is 20.4 Å². The number of aromatic carboxylic acids is 2. The second-order valence-corrected chi connectivity index (χ2v) is 9.27. The van der Waals surface area contributed by atoms with Crippen molar-refractivity contribution in [2.45, 2.75) is 18.4 Å². The molecular weight excluding hydrogens is 541 g/mol. The zero-order valence-corrected chi connectivity index (χ0v) is 21.5. The van der Waals surface area contributed by atoms with Crippen LogP contribution in [0.5, 0.6) is 5.75 Å². The topological polar surface area (TPSA) is 229 Å². The van der Waals surface area contributed by atoms with Crippen LogP contribution in [0, 0.1) is 0 Å². The third-order valence-electron chi connectivity index (χ3n) is 6.65. The van der Waals surface area contributed by atoms with Gasteiger partial charge in [0.25, 0.3) is 0 Å². The molecule has 15 nitrogen and oxygen atoms in total. The van der Waals surface area contributed by atoms with Gasteiger partial charge in [-0.1, -0.05) is 24.3 Å². The average Bonchev–Trinajstić information content (AvgIpc) is 2.94. The van der Waals surface area contributed by atoms with Gasteiger partial charge in [0.15, 0.2) is 0 Å². The summed E-state index contributed by atoms with van der Waals surface area (Å²) >= 11 is 0. The van der Waals surface area contributed by atoms with Crippen LogP contribution in [0.1, 0.15) is 37.9 Å². The van der Waals surface area contributed by atoms with Crippen LogP contribution < -0.4 is 21.0 Å². The summed E-state index contributed by atoms with van der Waals surface area (Å²) in [6, 6.07) is 6.85. The van der Waals surface area contributed by atoms with Gasteiger partial charge >= 0.3 is 36.9 Å². The quantitative estimate of drug-likeness (QED) is 0.161. The highest BCUT2D eigenvalue weighted by Crippen LogP contribution is 2.30. The Morgan fingerprint density at radius 1 is 1.02 bits per heavy atom. The molecule has 5 amide bonds. The van der Waals surface area contributed by atoms with Crippen molar-refractivity contribution >= 4 is 42.8 Å². The molecule has 1 unspecified atom stereocenters. The molecule has 1 fully saturated rings. The van der Waals surface area contributed by atoms with E-state index < -0.39 is 54.8 Å². The van der Waals surface area contributed by atoms with Gasteiger partial charge in [-0.15, -0.1) is 0 Å². The molecule has 0 aliphatic carbocycles. The van der Waals surface area contributed by atoms with E-state index >= 15 is 0 Å². The van der Waals surface area contributed by atoms with Crippen LogP contribution in [0.25, 0.3) is 0 Å². The number of carboxylic acids is 2. The maximum absolute atomic E-state index is 13.5. The number of para-hydroxylation sites is 1. The molecule has 7 N–H and O–H groups in total. The lowest BCUT2D eigenvalue weighted by Crippen LogP contribution is -2.60. The number of carbonyl (C=O) groups is 6. The Bertz CT molecular complexity index is 1400. The molecule has 0 bridgehead atoms. The number of nitrogens with one attached hydrogen (secondary N) is 2. The standard InChI is InChI=1S/C25H26BN5O10/c27-8-9-30-10-11-31(22(34)21(30)33)25(39)29-18(13-4-6-14(7-5-13)23(35)36)20(32)28-17-12-15-2-1-3-16(24(37)38)19(15)41-26(17)40/h1-7,17-18,40H,8-12,27H2,(H,28,32)(H,29,39)(H,35,36)(H,37,38)/t17-,18?/m0/s1. The number of amides is 5. The first-order valence-electron chi connectivity index (χ1n) is 12.5. The van der Waals surface area contributed by atoms with Crippen molar-refractivity contribution in [1.29, 1.82) is 0 Å². The van der Waals surface area contributed by atoms with Crippen LogP contribution in [0.2, 0.25) is 0 Å². The van der Waals surface area contributed by atoms with Gasteiger partial charge in [0.05, 0.1) is 17.1 Å². The highest BCUT2D eigenvalue weighted by molar-refractivity contribution is 6.47. The molecule has 2 aliphatic rings. The second kappa shape index (κ2) is 12.1. The predicted octanol–water partition coefficient (Wildman–Crippen LogP) is -1.40. The lowest BCUT2D eigenvalue weighted by molar-refractivity contribution is -0.153. The molecule has 0 aromatic heterocycles. The zero-order valence-electron chi connectivity index (χ0n) is 21.5. The number of nitrogens with zero attached hydrogens (tertiary/aromatic N) is 2. The van der Waals surface area contributed by atoms with Crippen LogP contribution in [-0.4, -0.2) is 100.0 Å². The Labute approximate surface area is 233 Å². The molecule has 2 aromatic rings. The number of piperazine rings is 1. The van der Waals surface area contributed by atoms with Crippen LogP contribution >= 0.6 is 0 Å². The van der Waals surface area contributed by atoms with E-state index in [1.54, 1.807) is 6.07 Å². The molecule has 0 saturated carbocycles. The Hall–Kier alpha value is -4.96. The number of benzene rings is 2. The average molecular weight is 567 g/mol. The lowest BCUT2D eigenvalue weighted by Gasteiger charge is -2.33. The molecule has 2 aromatic carbocycles. The Kier molecular flexibility index (Phi) is 8.54. The molecule has 16 heteroatoms. The number of fused-ring (bicyclic) bond motifs is 1. The van der Waals surface area contributed by atoms with E-state index in [4.69, 9.17) is 10.4 Å². The van der Waals surface area contributed by atoms with Crippen molar-refractivity contribution in [2.75, 3.05) is 26.2 Å². The number of carbonyl (C=O) groups excluding carboxylic acids is 4. The fourth-order valence-corrected chi connectivity index (χ4v) is 4.54. The molecule has 0 radical (unpaired) electrons. The number of urea groups is 1. The normalized spacial score (nSPS) is 17.3. The third-order valence-corrected chi connectivity index (χ3v) is 6.65. The SMILES string of the molecule is NCCN1CCN(C(=O)NC(C(=O)N[C@H]2Cc3cccc(C(=O)O)c3OB2O)c2ccc(C(=O)O)cc2)C(=O)C1=O. The summed E-state index contributed by atoms with van der Waals surface area (Å²) in [4.78, 5) is 76.2. The van der Waals surface area contributed by atoms with Crippen molar-refractivity contribution in [2.24, 2.45) is 5.73 Å². The van der Waals surface area contributed by atoms with E-state index in [1.807, 2.05) is 0 Å². The third kappa shape index (κ3) is 6.12. The highest BCUT2D eigenvalue weighted by Gasteiger charge is 2.41. The molecule has 0 spiro atoms. The first-order valence-corrected chi connectivity index (χ1v) is 12.5. The molecule has 2 aliphatic heterocycles. The van der Waals surface area contributed by atoms with E-state index in [-0.39, 0.29) is 55.0 Å². The Balaban J connectivity index is 1.56. The molecule has 2 atom stereocenters. The van der Waals surface area contributed by atoms with E-state index in [2.05, 4.69) is 10.6 Å². The number of carboxylic acid groups (broad SMARTS) is 2. The molecular formula is C25H26BN5O10. The van der Waals surface area contributed by atoms with Gasteiger partial charge in [-0.05, 0) is 35.7 Å². The first kappa shape index (κ1) is 29.0. The first-order chi connectivity index (χ1) is 19.5. The van der Waals surface area contributed by atoms with Gasteiger partial charge in [-0.3, -0.25) is 19.3 Å². The number of hydrogen-bond acceptors (Lipinski definition) is 9. The maximum atomic E-state index is 13.5. The fourth-order valence-electron chi connectivity index (χ4n) is 4.54.